The molecule has 0 atom stereocenters. The average Bonchev–Trinajstić information content (AvgIpc) is 2.13. The van der Waals surface area contributed by atoms with Gasteiger partial charge in [0, 0.05) is 11.3 Å². The SMILES string of the molecule is CCS(=O)(=O)Cc1cccc(Cl)c1F. The summed E-state index contributed by atoms with van der Waals surface area (Å²) < 4.78 is 35.7. The van der Waals surface area contributed by atoms with Crippen LogP contribution in [0.3, 0.4) is 0 Å². The predicted molar refractivity (Wildman–Crippen MR) is 54.6 cm³/mol. The van der Waals surface area contributed by atoms with Crippen LogP contribution in [-0.2, 0) is 15.6 Å². The minimum atomic E-state index is -3.21. The summed E-state index contributed by atoms with van der Waals surface area (Å²) in [6.45, 7) is 1.53. The highest BCUT2D eigenvalue weighted by Crippen LogP contribution is 2.19. The molecule has 0 saturated heterocycles. The van der Waals surface area contributed by atoms with Gasteiger partial charge in [0.05, 0.1) is 10.8 Å². The van der Waals surface area contributed by atoms with E-state index in [2.05, 4.69) is 0 Å². The van der Waals surface area contributed by atoms with Crippen molar-refractivity contribution in [3.05, 3.63) is 34.6 Å². The molecule has 1 aromatic carbocycles. The molecule has 0 amide bonds. The molecule has 0 bridgehead atoms. The van der Waals surface area contributed by atoms with Crippen molar-refractivity contribution in [2.24, 2.45) is 0 Å². The number of benzene rings is 1. The highest BCUT2D eigenvalue weighted by atomic mass is 35.5. The van der Waals surface area contributed by atoms with Gasteiger partial charge in [0.25, 0.3) is 0 Å². The van der Waals surface area contributed by atoms with Gasteiger partial charge < -0.3 is 0 Å². The number of hydrogen-bond donors (Lipinski definition) is 0. The Morgan fingerprint density at radius 1 is 1.43 bits per heavy atom. The van der Waals surface area contributed by atoms with Gasteiger partial charge in [0.2, 0.25) is 0 Å². The summed E-state index contributed by atoms with van der Waals surface area (Å²) in [6.07, 6.45) is 0. The van der Waals surface area contributed by atoms with Crippen LogP contribution in [0.4, 0.5) is 4.39 Å². The van der Waals surface area contributed by atoms with E-state index >= 15 is 0 Å². The Hall–Kier alpha value is -0.610. The Morgan fingerprint density at radius 3 is 2.64 bits per heavy atom. The van der Waals surface area contributed by atoms with E-state index in [1.54, 1.807) is 0 Å². The first-order chi connectivity index (χ1) is 6.46. The van der Waals surface area contributed by atoms with Crippen LogP contribution in [0.5, 0.6) is 0 Å². The topological polar surface area (TPSA) is 34.1 Å². The second-order valence-corrected chi connectivity index (χ2v) is 5.65. The van der Waals surface area contributed by atoms with Crippen LogP contribution in [0.2, 0.25) is 5.02 Å². The molecule has 0 fully saturated rings. The van der Waals surface area contributed by atoms with E-state index in [0.717, 1.165) is 0 Å². The van der Waals surface area contributed by atoms with Crippen LogP contribution < -0.4 is 0 Å². The van der Waals surface area contributed by atoms with Crippen molar-refractivity contribution in [3.63, 3.8) is 0 Å². The second kappa shape index (κ2) is 4.28. The molecule has 2 nitrogen and oxygen atoms in total. The van der Waals surface area contributed by atoms with Crippen LogP contribution in [-0.4, -0.2) is 14.2 Å². The first-order valence-electron chi connectivity index (χ1n) is 4.09. The van der Waals surface area contributed by atoms with Crippen molar-refractivity contribution in [3.8, 4) is 0 Å². The zero-order valence-electron chi connectivity index (χ0n) is 7.63. The molecule has 1 aromatic rings. The highest BCUT2D eigenvalue weighted by molar-refractivity contribution is 7.90. The van der Waals surface area contributed by atoms with Crippen molar-refractivity contribution in [1.82, 2.24) is 0 Å². The van der Waals surface area contributed by atoms with Gasteiger partial charge >= 0.3 is 0 Å². The van der Waals surface area contributed by atoms with Gasteiger partial charge in [-0.1, -0.05) is 30.7 Å². The average molecular weight is 237 g/mol. The van der Waals surface area contributed by atoms with Crippen LogP contribution in [0.15, 0.2) is 18.2 Å². The lowest BCUT2D eigenvalue weighted by Crippen LogP contribution is -2.08. The van der Waals surface area contributed by atoms with Crippen molar-refractivity contribution in [2.45, 2.75) is 12.7 Å². The van der Waals surface area contributed by atoms with E-state index in [0.29, 0.717) is 0 Å². The molecule has 0 unspecified atom stereocenters. The number of rotatable bonds is 3. The second-order valence-electron chi connectivity index (χ2n) is 2.89. The van der Waals surface area contributed by atoms with E-state index in [4.69, 9.17) is 11.6 Å². The van der Waals surface area contributed by atoms with E-state index in [1.165, 1.54) is 25.1 Å². The molecule has 0 heterocycles. The zero-order valence-corrected chi connectivity index (χ0v) is 9.20. The first-order valence-corrected chi connectivity index (χ1v) is 6.29. The summed E-state index contributed by atoms with van der Waals surface area (Å²) in [6, 6.07) is 4.35. The molecule has 0 aliphatic heterocycles. The van der Waals surface area contributed by atoms with Crippen molar-refractivity contribution >= 4 is 21.4 Å². The van der Waals surface area contributed by atoms with Crippen LogP contribution in [0, 0.1) is 5.82 Å². The van der Waals surface area contributed by atoms with Crippen molar-refractivity contribution < 1.29 is 12.8 Å². The summed E-state index contributed by atoms with van der Waals surface area (Å²) in [5.74, 6) is -0.944. The third kappa shape index (κ3) is 2.69. The standard InChI is InChI=1S/C9H10ClFO2S/c1-2-14(12,13)6-7-4-3-5-8(10)9(7)11/h3-5H,2,6H2,1H3. The lowest BCUT2D eigenvalue weighted by atomic mass is 10.2. The van der Waals surface area contributed by atoms with Gasteiger partial charge in [-0.15, -0.1) is 0 Å². The van der Waals surface area contributed by atoms with Crippen LogP contribution in [0.1, 0.15) is 12.5 Å². The summed E-state index contributed by atoms with van der Waals surface area (Å²) in [5.41, 5.74) is 0.124. The Kier molecular flexibility index (Phi) is 3.50. The van der Waals surface area contributed by atoms with E-state index < -0.39 is 15.7 Å². The maximum absolute atomic E-state index is 13.3. The fraction of sp³-hybridized carbons (Fsp3) is 0.333. The van der Waals surface area contributed by atoms with E-state index in [-0.39, 0.29) is 22.1 Å². The molecule has 14 heavy (non-hydrogen) atoms. The van der Waals surface area contributed by atoms with Crippen molar-refractivity contribution in [1.29, 1.82) is 0 Å². The maximum atomic E-state index is 13.3. The highest BCUT2D eigenvalue weighted by Gasteiger charge is 2.13. The number of halogens is 2. The Morgan fingerprint density at radius 2 is 2.07 bits per heavy atom. The van der Waals surface area contributed by atoms with E-state index in [1.807, 2.05) is 0 Å². The fourth-order valence-corrected chi connectivity index (χ4v) is 2.09. The maximum Gasteiger partial charge on any atom is 0.154 e. The summed E-state index contributed by atoms with van der Waals surface area (Å²) >= 11 is 5.52. The molecule has 0 saturated carbocycles. The number of hydrogen-bond acceptors (Lipinski definition) is 2. The smallest absolute Gasteiger partial charge is 0.154 e. The van der Waals surface area contributed by atoms with Crippen LogP contribution >= 0.6 is 11.6 Å². The zero-order chi connectivity index (χ0) is 10.8. The largest absolute Gasteiger partial charge is 0.229 e. The quantitative estimate of drug-likeness (QED) is 0.808. The lowest BCUT2D eigenvalue weighted by Gasteiger charge is -2.03. The number of sulfone groups is 1. The first kappa shape index (κ1) is 11.5. The molecule has 0 aromatic heterocycles. The minimum Gasteiger partial charge on any atom is -0.229 e. The molecule has 0 spiro atoms. The third-order valence-corrected chi connectivity index (χ3v) is 3.77. The molecular formula is C9H10ClFO2S. The minimum absolute atomic E-state index is 0.00104. The van der Waals surface area contributed by atoms with Crippen LogP contribution in [0.25, 0.3) is 0 Å². The molecule has 0 radical (unpaired) electrons. The summed E-state index contributed by atoms with van der Waals surface area (Å²) in [7, 11) is -3.21. The van der Waals surface area contributed by atoms with Gasteiger partial charge in [0.15, 0.2) is 9.84 Å². The molecular weight excluding hydrogens is 227 g/mol. The molecule has 0 aliphatic carbocycles. The third-order valence-electron chi connectivity index (χ3n) is 1.85. The molecule has 0 N–H and O–H groups in total. The van der Waals surface area contributed by atoms with Gasteiger partial charge in [-0.25, -0.2) is 12.8 Å². The molecule has 0 aliphatic rings. The normalized spacial score (nSPS) is 11.6. The van der Waals surface area contributed by atoms with E-state index in [9.17, 15) is 12.8 Å². The molecule has 78 valence electrons. The van der Waals surface area contributed by atoms with Crippen molar-refractivity contribution in [2.75, 3.05) is 5.75 Å². The predicted octanol–water partition coefficient (Wildman–Crippen LogP) is 2.41. The summed E-state index contributed by atoms with van der Waals surface area (Å²) in [4.78, 5) is 0. The Bertz CT molecular complexity index is 428. The van der Waals surface area contributed by atoms with Gasteiger partial charge in [-0.2, -0.15) is 0 Å². The van der Waals surface area contributed by atoms with Gasteiger partial charge in [-0.05, 0) is 6.07 Å². The molecule has 5 heteroatoms. The molecule has 1 rings (SSSR count). The fourth-order valence-electron chi connectivity index (χ4n) is 0.999. The Labute approximate surface area is 87.6 Å². The summed E-state index contributed by atoms with van der Waals surface area (Å²) in [5, 5.41) is -0.0474. The monoisotopic (exact) mass is 236 g/mol. The Balaban J connectivity index is 3.05. The lowest BCUT2D eigenvalue weighted by molar-refractivity contribution is 0.588. The van der Waals surface area contributed by atoms with Gasteiger partial charge in [-0.3, -0.25) is 0 Å². The van der Waals surface area contributed by atoms with Gasteiger partial charge in [0.1, 0.15) is 5.82 Å².